The standard InChI is InChI=1S/C16H24N2O3/c1-3-20-14-8-7-13(10-15(14)21-4-2)18-16(19)11-5-6-12(17)9-11/h7-8,10-12H,3-6,9,17H2,1-2H3,(H,18,19). The number of nitrogens with two attached hydrogens (primary N) is 1. The van der Waals surface area contributed by atoms with Crippen molar-refractivity contribution < 1.29 is 14.3 Å². The van der Waals surface area contributed by atoms with Gasteiger partial charge in [0.2, 0.25) is 5.91 Å². The fraction of sp³-hybridized carbons (Fsp3) is 0.562. The first-order valence-corrected chi connectivity index (χ1v) is 7.60. The van der Waals surface area contributed by atoms with Crippen molar-refractivity contribution in [3.63, 3.8) is 0 Å². The maximum atomic E-state index is 12.2. The monoisotopic (exact) mass is 292 g/mol. The Hall–Kier alpha value is -1.75. The smallest absolute Gasteiger partial charge is 0.227 e. The van der Waals surface area contributed by atoms with Crippen LogP contribution in [0.1, 0.15) is 33.1 Å². The third-order valence-corrected chi connectivity index (χ3v) is 3.65. The van der Waals surface area contributed by atoms with E-state index in [9.17, 15) is 4.79 Å². The summed E-state index contributed by atoms with van der Waals surface area (Å²) in [6.45, 7) is 4.97. The zero-order valence-electron chi connectivity index (χ0n) is 12.7. The highest BCUT2D eigenvalue weighted by atomic mass is 16.5. The van der Waals surface area contributed by atoms with Gasteiger partial charge in [-0.2, -0.15) is 0 Å². The van der Waals surface area contributed by atoms with Gasteiger partial charge >= 0.3 is 0 Å². The van der Waals surface area contributed by atoms with Gasteiger partial charge in [0.15, 0.2) is 11.5 Å². The van der Waals surface area contributed by atoms with Crippen molar-refractivity contribution in [2.45, 2.75) is 39.2 Å². The average molecular weight is 292 g/mol. The predicted molar refractivity (Wildman–Crippen MR) is 82.7 cm³/mol. The van der Waals surface area contributed by atoms with Crippen molar-refractivity contribution in [3.8, 4) is 11.5 Å². The van der Waals surface area contributed by atoms with E-state index in [2.05, 4.69) is 5.32 Å². The number of hydrogen-bond donors (Lipinski definition) is 2. The SMILES string of the molecule is CCOc1ccc(NC(=O)C2CCC(N)C2)cc1OCC. The number of benzene rings is 1. The maximum Gasteiger partial charge on any atom is 0.227 e. The second-order valence-corrected chi connectivity index (χ2v) is 5.29. The third-order valence-electron chi connectivity index (χ3n) is 3.65. The molecule has 3 N–H and O–H groups in total. The minimum atomic E-state index is 0.0158. The van der Waals surface area contributed by atoms with Crippen molar-refractivity contribution in [1.82, 2.24) is 0 Å². The van der Waals surface area contributed by atoms with Gasteiger partial charge in [-0.15, -0.1) is 0 Å². The van der Waals surface area contributed by atoms with Gasteiger partial charge in [-0.05, 0) is 45.2 Å². The predicted octanol–water partition coefficient (Wildman–Crippen LogP) is 2.55. The Labute approximate surface area is 125 Å². The Balaban J connectivity index is 2.05. The van der Waals surface area contributed by atoms with Gasteiger partial charge in [0.25, 0.3) is 0 Å². The summed E-state index contributed by atoms with van der Waals surface area (Å²) >= 11 is 0. The molecule has 0 aromatic heterocycles. The van der Waals surface area contributed by atoms with E-state index < -0.39 is 0 Å². The zero-order valence-corrected chi connectivity index (χ0v) is 12.7. The van der Waals surface area contributed by atoms with Crippen molar-refractivity contribution in [2.24, 2.45) is 11.7 Å². The molecule has 2 rings (SSSR count). The molecule has 2 atom stereocenters. The molecule has 0 aliphatic heterocycles. The minimum absolute atomic E-state index is 0.0158. The molecule has 0 heterocycles. The molecule has 1 fully saturated rings. The Morgan fingerprint density at radius 3 is 2.57 bits per heavy atom. The molecule has 1 aliphatic rings. The minimum Gasteiger partial charge on any atom is -0.490 e. The van der Waals surface area contributed by atoms with Gasteiger partial charge in [-0.25, -0.2) is 0 Å². The molecule has 1 aromatic carbocycles. The number of amides is 1. The number of carbonyl (C=O) groups excluding carboxylic acids is 1. The molecule has 1 saturated carbocycles. The van der Waals surface area contributed by atoms with Crippen LogP contribution in [0.4, 0.5) is 5.69 Å². The van der Waals surface area contributed by atoms with Crippen LogP contribution in [0.25, 0.3) is 0 Å². The second kappa shape index (κ2) is 7.31. The average Bonchev–Trinajstić information content (AvgIpc) is 2.89. The van der Waals surface area contributed by atoms with Gasteiger partial charge in [0.05, 0.1) is 13.2 Å². The number of nitrogens with one attached hydrogen (secondary N) is 1. The van der Waals surface area contributed by atoms with Gasteiger partial charge < -0.3 is 20.5 Å². The van der Waals surface area contributed by atoms with Crippen LogP contribution in [-0.4, -0.2) is 25.2 Å². The normalized spacial score (nSPS) is 21.1. The molecule has 2 unspecified atom stereocenters. The van der Waals surface area contributed by atoms with Crippen LogP contribution in [0.5, 0.6) is 11.5 Å². The Morgan fingerprint density at radius 2 is 1.95 bits per heavy atom. The van der Waals surface area contributed by atoms with E-state index in [4.69, 9.17) is 15.2 Å². The summed E-state index contributed by atoms with van der Waals surface area (Å²) in [5.74, 6) is 1.40. The fourth-order valence-electron chi connectivity index (χ4n) is 2.63. The summed E-state index contributed by atoms with van der Waals surface area (Å²) < 4.78 is 11.1. The quantitative estimate of drug-likeness (QED) is 0.845. The lowest BCUT2D eigenvalue weighted by Gasteiger charge is -2.14. The van der Waals surface area contributed by atoms with E-state index >= 15 is 0 Å². The first-order valence-electron chi connectivity index (χ1n) is 7.60. The van der Waals surface area contributed by atoms with Gasteiger partial charge in [0.1, 0.15) is 0 Å². The summed E-state index contributed by atoms with van der Waals surface area (Å²) in [6.07, 6.45) is 2.55. The first kappa shape index (κ1) is 15.6. The van der Waals surface area contributed by atoms with Crippen molar-refractivity contribution >= 4 is 11.6 Å². The van der Waals surface area contributed by atoms with Crippen LogP contribution in [0.15, 0.2) is 18.2 Å². The van der Waals surface area contributed by atoms with E-state index in [1.54, 1.807) is 6.07 Å². The van der Waals surface area contributed by atoms with E-state index in [1.807, 2.05) is 26.0 Å². The van der Waals surface area contributed by atoms with Crippen molar-refractivity contribution in [2.75, 3.05) is 18.5 Å². The first-order chi connectivity index (χ1) is 10.1. The van der Waals surface area contributed by atoms with Crippen LogP contribution in [0.2, 0.25) is 0 Å². The summed E-state index contributed by atoms with van der Waals surface area (Å²) in [5, 5.41) is 2.94. The van der Waals surface area contributed by atoms with E-state index in [0.29, 0.717) is 24.7 Å². The molecule has 116 valence electrons. The van der Waals surface area contributed by atoms with Crippen molar-refractivity contribution in [3.05, 3.63) is 18.2 Å². The number of hydrogen-bond acceptors (Lipinski definition) is 4. The molecule has 1 aromatic rings. The summed E-state index contributed by atoms with van der Waals surface area (Å²) in [5.41, 5.74) is 6.59. The number of ether oxygens (including phenoxy) is 2. The molecular formula is C16H24N2O3. The second-order valence-electron chi connectivity index (χ2n) is 5.29. The molecule has 5 heteroatoms. The lowest BCUT2D eigenvalue weighted by Crippen LogP contribution is -2.23. The molecule has 0 bridgehead atoms. The number of rotatable bonds is 6. The zero-order chi connectivity index (χ0) is 15.2. The van der Waals surface area contributed by atoms with Gasteiger partial charge in [-0.1, -0.05) is 0 Å². The number of anilines is 1. The summed E-state index contributed by atoms with van der Waals surface area (Å²) in [7, 11) is 0. The van der Waals surface area contributed by atoms with E-state index in [-0.39, 0.29) is 17.9 Å². The maximum absolute atomic E-state index is 12.2. The van der Waals surface area contributed by atoms with Gasteiger partial charge in [-0.3, -0.25) is 4.79 Å². The Kier molecular flexibility index (Phi) is 5.44. The van der Waals surface area contributed by atoms with E-state index in [0.717, 1.165) is 24.9 Å². The highest BCUT2D eigenvalue weighted by Gasteiger charge is 2.27. The summed E-state index contributed by atoms with van der Waals surface area (Å²) in [6, 6.07) is 5.62. The summed E-state index contributed by atoms with van der Waals surface area (Å²) in [4.78, 5) is 12.2. The molecule has 21 heavy (non-hydrogen) atoms. The Morgan fingerprint density at radius 1 is 1.24 bits per heavy atom. The van der Waals surface area contributed by atoms with E-state index in [1.165, 1.54) is 0 Å². The molecule has 0 radical (unpaired) electrons. The lowest BCUT2D eigenvalue weighted by molar-refractivity contribution is -0.119. The molecule has 1 amide bonds. The number of carbonyl (C=O) groups is 1. The third kappa shape index (κ3) is 4.11. The lowest BCUT2D eigenvalue weighted by atomic mass is 10.1. The van der Waals surface area contributed by atoms with Crippen LogP contribution in [0.3, 0.4) is 0 Å². The van der Waals surface area contributed by atoms with Crippen LogP contribution < -0.4 is 20.5 Å². The fourth-order valence-corrected chi connectivity index (χ4v) is 2.63. The molecule has 0 spiro atoms. The molecular weight excluding hydrogens is 268 g/mol. The molecule has 5 nitrogen and oxygen atoms in total. The van der Waals surface area contributed by atoms with Crippen LogP contribution in [-0.2, 0) is 4.79 Å². The Bertz CT molecular complexity index is 490. The molecule has 1 aliphatic carbocycles. The molecule has 0 saturated heterocycles. The van der Waals surface area contributed by atoms with Crippen LogP contribution >= 0.6 is 0 Å². The topological polar surface area (TPSA) is 73.6 Å². The van der Waals surface area contributed by atoms with Gasteiger partial charge in [0, 0.05) is 23.7 Å². The largest absolute Gasteiger partial charge is 0.490 e. The van der Waals surface area contributed by atoms with Crippen molar-refractivity contribution in [1.29, 1.82) is 0 Å². The van der Waals surface area contributed by atoms with Crippen LogP contribution in [0, 0.1) is 5.92 Å². The highest BCUT2D eigenvalue weighted by molar-refractivity contribution is 5.93. The highest BCUT2D eigenvalue weighted by Crippen LogP contribution is 2.31.